The van der Waals surface area contributed by atoms with Gasteiger partial charge in [0.2, 0.25) is 0 Å². The molecule has 0 unspecified atom stereocenters. The van der Waals surface area contributed by atoms with Crippen molar-refractivity contribution in [1.82, 2.24) is 5.43 Å². The smallest absolute Gasteiger partial charge is 0.280 e. The summed E-state index contributed by atoms with van der Waals surface area (Å²) in [5, 5.41) is 26.6. The molecule has 0 atom stereocenters. The van der Waals surface area contributed by atoms with Crippen molar-refractivity contribution < 1.29 is 19.4 Å². The molecule has 0 fully saturated rings. The Bertz CT molecular complexity index is 897. The lowest BCUT2D eigenvalue weighted by Gasteiger charge is -2.07. The van der Waals surface area contributed by atoms with Crippen molar-refractivity contribution in [1.29, 1.82) is 0 Å². The Labute approximate surface area is 158 Å². The SMILES string of the molecule is C/C(=N\NC(=O)COc1ccc([N+](=O)[O-])cc1Br)c1cc([N+](=O)[O-])cs1. The van der Waals surface area contributed by atoms with Crippen LogP contribution >= 0.6 is 27.3 Å². The zero-order chi connectivity index (χ0) is 19.3. The number of hydrazone groups is 1. The topological polar surface area (TPSA) is 137 Å². The van der Waals surface area contributed by atoms with E-state index in [1.165, 1.54) is 29.6 Å². The van der Waals surface area contributed by atoms with E-state index < -0.39 is 15.8 Å². The van der Waals surface area contributed by atoms with Gasteiger partial charge in [-0.2, -0.15) is 5.10 Å². The third-order valence-corrected chi connectivity index (χ3v) is 4.63. The van der Waals surface area contributed by atoms with Crippen LogP contribution in [0.3, 0.4) is 0 Å². The first-order chi connectivity index (χ1) is 12.3. The third-order valence-electron chi connectivity index (χ3n) is 2.99. The molecule has 12 heteroatoms. The van der Waals surface area contributed by atoms with Gasteiger partial charge in [-0.1, -0.05) is 0 Å². The normalized spacial score (nSPS) is 11.1. The standard InChI is InChI=1S/C14H11BrN4O6S/c1-8(13-5-10(7-26-13)19(23)24)16-17-14(20)6-25-12-3-2-9(18(21)22)4-11(12)15/h2-5,7H,6H2,1H3,(H,17,20)/b16-8+. The molecule has 1 aromatic heterocycles. The number of nitrogens with one attached hydrogen (secondary N) is 1. The van der Waals surface area contributed by atoms with Gasteiger partial charge in [-0.05, 0) is 28.9 Å². The van der Waals surface area contributed by atoms with Gasteiger partial charge in [0.25, 0.3) is 17.3 Å². The maximum Gasteiger partial charge on any atom is 0.280 e. The molecule has 0 saturated carbocycles. The highest BCUT2D eigenvalue weighted by atomic mass is 79.9. The summed E-state index contributed by atoms with van der Waals surface area (Å²) in [5.74, 6) is -0.291. The number of non-ortho nitro benzene ring substituents is 1. The van der Waals surface area contributed by atoms with E-state index in [4.69, 9.17) is 4.74 Å². The van der Waals surface area contributed by atoms with Crippen molar-refractivity contribution in [2.24, 2.45) is 5.10 Å². The number of nitrogens with zero attached hydrogens (tertiary/aromatic N) is 3. The van der Waals surface area contributed by atoms with Gasteiger partial charge >= 0.3 is 0 Å². The first-order valence-electron chi connectivity index (χ1n) is 6.91. The van der Waals surface area contributed by atoms with Crippen molar-refractivity contribution in [2.75, 3.05) is 6.61 Å². The van der Waals surface area contributed by atoms with Crippen LogP contribution in [0.25, 0.3) is 0 Å². The van der Waals surface area contributed by atoms with Crippen molar-refractivity contribution in [3.05, 3.63) is 59.2 Å². The number of nitro benzene ring substituents is 1. The number of amides is 1. The molecule has 0 bridgehead atoms. The molecule has 0 saturated heterocycles. The number of rotatable bonds is 7. The molecule has 10 nitrogen and oxygen atoms in total. The van der Waals surface area contributed by atoms with Gasteiger partial charge < -0.3 is 4.74 Å². The predicted molar refractivity (Wildman–Crippen MR) is 97.6 cm³/mol. The minimum absolute atomic E-state index is 0.0442. The number of benzene rings is 1. The van der Waals surface area contributed by atoms with Gasteiger partial charge in [0.05, 0.1) is 30.3 Å². The fraction of sp³-hybridized carbons (Fsp3) is 0.143. The largest absolute Gasteiger partial charge is 0.483 e. The highest BCUT2D eigenvalue weighted by Gasteiger charge is 2.13. The van der Waals surface area contributed by atoms with Crippen LogP contribution in [-0.2, 0) is 4.79 Å². The molecular formula is C14H11BrN4O6S. The number of carbonyl (C=O) groups excluding carboxylic acids is 1. The van der Waals surface area contributed by atoms with Crippen LogP contribution in [-0.4, -0.2) is 28.1 Å². The van der Waals surface area contributed by atoms with E-state index >= 15 is 0 Å². The van der Waals surface area contributed by atoms with E-state index in [9.17, 15) is 25.0 Å². The van der Waals surface area contributed by atoms with Gasteiger partial charge in [0, 0.05) is 18.2 Å². The van der Waals surface area contributed by atoms with Crippen molar-refractivity contribution in [3.63, 3.8) is 0 Å². The Balaban J connectivity index is 1.92. The average molecular weight is 443 g/mol. The molecule has 0 radical (unpaired) electrons. The fourth-order valence-corrected chi connectivity index (χ4v) is 3.00. The van der Waals surface area contributed by atoms with E-state index in [1.54, 1.807) is 6.92 Å². The molecule has 1 aromatic carbocycles. The molecule has 136 valence electrons. The number of hydrogen-bond donors (Lipinski definition) is 1. The highest BCUT2D eigenvalue weighted by Crippen LogP contribution is 2.29. The Morgan fingerprint density at radius 1 is 1.27 bits per heavy atom. The van der Waals surface area contributed by atoms with E-state index in [0.29, 0.717) is 15.1 Å². The summed E-state index contributed by atoms with van der Waals surface area (Å²) in [7, 11) is 0. The van der Waals surface area contributed by atoms with Crippen LogP contribution in [0.2, 0.25) is 0 Å². The number of ether oxygens (including phenoxy) is 1. The third kappa shape index (κ3) is 5.07. The van der Waals surface area contributed by atoms with Crippen molar-refractivity contribution >= 4 is 50.3 Å². The van der Waals surface area contributed by atoms with Gasteiger partial charge in [0.15, 0.2) is 6.61 Å². The summed E-state index contributed by atoms with van der Waals surface area (Å²) in [4.78, 5) is 32.6. The second kappa shape index (κ2) is 8.49. The minimum Gasteiger partial charge on any atom is -0.483 e. The highest BCUT2D eigenvalue weighted by molar-refractivity contribution is 9.10. The fourth-order valence-electron chi connectivity index (χ4n) is 1.71. The Kier molecular flexibility index (Phi) is 6.36. The quantitative estimate of drug-likeness (QED) is 0.396. The Hall–Kier alpha value is -2.86. The molecule has 0 aliphatic rings. The van der Waals surface area contributed by atoms with Gasteiger partial charge in [-0.15, -0.1) is 11.3 Å². The Morgan fingerprint density at radius 3 is 2.54 bits per heavy atom. The van der Waals surface area contributed by atoms with E-state index in [0.717, 1.165) is 11.3 Å². The van der Waals surface area contributed by atoms with Gasteiger partial charge in [-0.3, -0.25) is 25.0 Å². The van der Waals surface area contributed by atoms with Crippen molar-refractivity contribution in [3.8, 4) is 5.75 Å². The summed E-state index contributed by atoms with van der Waals surface area (Å²) in [6.07, 6.45) is 0. The lowest BCUT2D eigenvalue weighted by molar-refractivity contribution is -0.385. The second-order valence-corrected chi connectivity index (χ2v) is 6.58. The molecule has 2 rings (SSSR count). The first kappa shape index (κ1) is 19.5. The maximum atomic E-state index is 11.8. The molecule has 1 amide bonds. The molecule has 1 heterocycles. The second-order valence-electron chi connectivity index (χ2n) is 4.82. The average Bonchev–Trinajstić information content (AvgIpc) is 3.08. The monoisotopic (exact) mass is 442 g/mol. The van der Waals surface area contributed by atoms with Crippen LogP contribution in [0.15, 0.2) is 39.2 Å². The summed E-state index contributed by atoms with van der Waals surface area (Å²) >= 11 is 4.27. The van der Waals surface area contributed by atoms with Gasteiger partial charge in [-0.25, -0.2) is 5.43 Å². The molecule has 0 spiro atoms. The summed E-state index contributed by atoms with van der Waals surface area (Å²) in [5.41, 5.74) is 2.53. The molecule has 0 aliphatic carbocycles. The van der Waals surface area contributed by atoms with Crippen LogP contribution in [0.5, 0.6) is 5.75 Å². The molecule has 26 heavy (non-hydrogen) atoms. The zero-order valence-corrected chi connectivity index (χ0v) is 15.6. The van der Waals surface area contributed by atoms with E-state index in [2.05, 4.69) is 26.5 Å². The summed E-state index contributed by atoms with van der Waals surface area (Å²) in [6.45, 7) is 1.24. The first-order valence-corrected chi connectivity index (χ1v) is 8.58. The van der Waals surface area contributed by atoms with Crippen LogP contribution in [0, 0.1) is 20.2 Å². The zero-order valence-electron chi connectivity index (χ0n) is 13.2. The summed E-state index contributed by atoms with van der Waals surface area (Å²) in [6, 6.07) is 5.25. The summed E-state index contributed by atoms with van der Waals surface area (Å²) < 4.78 is 5.61. The van der Waals surface area contributed by atoms with Gasteiger partial charge in [0.1, 0.15) is 5.75 Å². The molecule has 2 aromatic rings. The lowest BCUT2D eigenvalue weighted by atomic mass is 10.3. The predicted octanol–water partition coefficient (Wildman–Crippen LogP) is 3.25. The molecule has 0 aliphatic heterocycles. The molecule has 1 N–H and O–H groups in total. The number of nitro groups is 2. The lowest BCUT2D eigenvalue weighted by Crippen LogP contribution is -2.25. The number of carbonyl (C=O) groups is 1. The Morgan fingerprint density at radius 2 is 1.96 bits per heavy atom. The number of halogens is 1. The van der Waals surface area contributed by atoms with Crippen LogP contribution in [0.4, 0.5) is 11.4 Å². The number of thiophene rings is 1. The van der Waals surface area contributed by atoms with E-state index in [-0.39, 0.29) is 23.7 Å². The number of hydrogen-bond acceptors (Lipinski definition) is 8. The molecular weight excluding hydrogens is 432 g/mol. The van der Waals surface area contributed by atoms with Crippen LogP contribution in [0.1, 0.15) is 11.8 Å². The minimum atomic E-state index is -0.555. The maximum absolute atomic E-state index is 11.8. The van der Waals surface area contributed by atoms with E-state index in [1.807, 2.05) is 0 Å². The van der Waals surface area contributed by atoms with Crippen LogP contribution < -0.4 is 10.2 Å². The van der Waals surface area contributed by atoms with Crippen molar-refractivity contribution in [2.45, 2.75) is 6.92 Å².